The minimum atomic E-state index is -0.607. The minimum absolute atomic E-state index is 0.0636. The van der Waals surface area contributed by atoms with Crippen LogP contribution in [0.2, 0.25) is 0 Å². The number of aromatic nitrogens is 1. The van der Waals surface area contributed by atoms with Gasteiger partial charge in [-0.05, 0) is 55.0 Å². The summed E-state index contributed by atoms with van der Waals surface area (Å²) in [4.78, 5) is 28.6. The fourth-order valence-electron chi connectivity index (χ4n) is 2.37. The van der Waals surface area contributed by atoms with Crippen molar-refractivity contribution in [3.8, 4) is 0 Å². The Bertz CT molecular complexity index is 973. The van der Waals surface area contributed by atoms with Crippen molar-refractivity contribution in [3.63, 3.8) is 0 Å². The number of halogens is 1. The number of anilines is 2. The molecule has 0 aliphatic rings. The molecule has 0 aliphatic heterocycles. The molecular formula is C20H16FN3O2. The van der Waals surface area contributed by atoms with Crippen LogP contribution in [0.15, 0.2) is 66.9 Å². The van der Waals surface area contributed by atoms with Gasteiger partial charge < -0.3 is 10.6 Å². The maximum atomic E-state index is 13.7. The molecule has 2 aromatic carbocycles. The topological polar surface area (TPSA) is 71.1 Å². The Balaban J connectivity index is 1.74. The molecule has 0 atom stereocenters. The largest absolute Gasteiger partial charge is 0.322 e. The lowest BCUT2D eigenvalue weighted by atomic mass is 10.1. The Hall–Kier alpha value is -3.54. The number of aryl methyl sites for hydroxylation is 1. The molecule has 0 fully saturated rings. The number of carbonyl (C=O) groups excluding carboxylic acids is 2. The van der Waals surface area contributed by atoms with E-state index in [0.717, 1.165) is 5.56 Å². The van der Waals surface area contributed by atoms with Crippen molar-refractivity contribution in [3.05, 3.63) is 89.4 Å². The maximum Gasteiger partial charge on any atom is 0.258 e. The van der Waals surface area contributed by atoms with E-state index in [1.807, 2.05) is 13.0 Å². The average Bonchev–Trinajstić information content (AvgIpc) is 2.62. The van der Waals surface area contributed by atoms with E-state index < -0.39 is 11.7 Å². The second-order valence-electron chi connectivity index (χ2n) is 5.69. The molecule has 0 spiro atoms. The number of nitrogens with zero attached hydrogens (tertiary/aromatic N) is 1. The summed E-state index contributed by atoms with van der Waals surface area (Å²) in [5.41, 5.74) is 1.65. The Morgan fingerprint density at radius 3 is 2.50 bits per heavy atom. The molecule has 3 aromatic rings. The lowest BCUT2D eigenvalue weighted by molar-refractivity contribution is 0.101. The fourth-order valence-corrected chi connectivity index (χ4v) is 2.37. The Labute approximate surface area is 149 Å². The number of carbonyl (C=O) groups is 2. The Morgan fingerprint density at radius 1 is 0.923 bits per heavy atom. The van der Waals surface area contributed by atoms with Crippen molar-refractivity contribution >= 4 is 23.3 Å². The average molecular weight is 349 g/mol. The molecule has 6 heteroatoms. The molecule has 3 rings (SSSR count). The third kappa shape index (κ3) is 4.10. The molecule has 0 saturated heterocycles. The summed E-state index contributed by atoms with van der Waals surface area (Å²) < 4.78 is 13.7. The number of hydrogen-bond donors (Lipinski definition) is 2. The van der Waals surface area contributed by atoms with E-state index in [0.29, 0.717) is 17.1 Å². The second kappa shape index (κ2) is 7.57. The van der Waals surface area contributed by atoms with Crippen LogP contribution < -0.4 is 10.6 Å². The summed E-state index contributed by atoms with van der Waals surface area (Å²) >= 11 is 0. The van der Waals surface area contributed by atoms with Gasteiger partial charge in [0.05, 0.1) is 5.56 Å². The predicted molar refractivity (Wildman–Crippen MR) is 97.7 cm³/mol. The maximum absolute atomic E-state index is 13.7. The van der Waals surface area contributed by atoms with Crippen LogP contribution in [0.5, 0.6) is 0 Å². The molecule has 0 aliphatic carbocycles. The first-order valence-corrected chi connectivity index (χ1v) is 7.93. The highest BCUT2D eigenvalue weighted by Gasteiger charge is 2.12. The van der Waals surface area contributed by atoms with Gasteiger partial charge in [-0.25, -0.2) is 9.37 Å². The second-order valence-corrected chi connectivity index (χ2v) is 5.69. The van der Waals surface area contributed by atoms with Crippen molar-refractivity contribution in [2.75, 3.05) is 10.6 Å². The lowest BCUT2D eigenvalue weighted by Gasteiger charge is -2.09. The van der Waals surface area contributed by atoms with Gasteiger partial charge in [0, 0.05) is 17.4 Å². The molecule has 130 valence electrons. The molecule has 26 heavy (non-hydrogen) atoms. The molecule has 1 aromatic heterocycles. The van der Waals surface area contributed by atoms with Gasteiger partial charge in [-0.1, -0.05) is 18.2 Å². The van der Waals surface area contributed by atoms with Crippen LogP contribution in [0.4, 0.5) is 15.9 Å². The minimum Gasteiger partial charge on any atom is -0.322 e. The molecule has 0 saturated carbocycles. The van der Waals surface area contributed by atoms with Gasteiger partial charge in [-0.2, -0.15) is 0 Å². The number of hydrogen-bond acceptors (Lipinski definition) is 3. The highest BCUT2D eigenvalue weighted by atomic mass is 19.1. The van der Waals surface area contributed by atoms with E-state index >= 15 is 0 Å². The molecular weight excluding hydrogens is 333 g/mol. The first kappa shape index (κ1) is 17.3. The van der Waals surface area contributed by atoms with Gasteiger partial charge >= 0.3 is 0 Å². The summed E-state index contributed by atoms with van der Waals surface area (Å²) in [5.74, 6) is -1.11. The zero-order valence-electron chi connectivity index (χ0n) is 14.0. The van der Waals surface area contributed by atoms with Crippen LogP contribution in [0.3, 0.4) is 0 Å². The van der Waals surface area contributed by atoms with Crippen LogP contribution in [0.25, 0.3) is 0 Å². The normalized spacial score (nSPS) is 10.2. The fraction of sp³-hybridized carbons (Fsp3) is 0.0500. The van der Waals surface area contributed by atoms with E-state index in [1.165, 1.54) is 24.3 Å². The standard InChI is InChI=1S/C20H16FN3O2/c1-13-9-10-22-18(11-13)24-19(25)14-5-4-6-15(12-14)23-20(26)16-7-2-3-8-17(16)21/h2-12H,1H3,(H,23,26)(H,22,24,25). The highest BCUT2D eigenvalue weighted by molar-refractivity contribution is 6.07. The molecule has 2 N–H and O–H groups in total. The van der Waals surface area contributed by atoms with Crippen LogP contribution in [0.1, 0.15) is 26.3 Å². The van der Waals surface area contributed by atoms with Gasteiger partial charge in [0.15, 0.2) is 0 Å². The summed E-state index contributed by atoms with van der Waals surface area (Å²) in [6, 6.07) is 15.7. The number of rotatable bonds is 4. The van der Waals surface area contributed by atoms with Gasteiger partial charge in [0.1, 0.15) is 11.6 Å². The SMILES string of the molecule is Cc1ccnc(NC(=O)c2cccc(NC(=O)c3ccccc3F)c2)c1. The number of amides is 2. The lowest BCUT2D eigenvalue weighted by Crippen LogP contribution is -2.16. The van der Waals surface area contributed by atoms with Crippen molar-refractivity contribution in [1.82, 2.24) is 4.98 Å². The zero-order valence-corrected chi connectivity index (χ0v) is 14.0. The van der Waals surface area contributed by atoms with Gasteiger partial charge in [-0.3, -0.25) is 9.59 Å². The Kier molecular flexibility index (Phi) is 5.03. The monoisotopic (exact) mass is 349 g/mol. The number of nitrogens with one attached hydrogen (secondary N) is 2. The van der Waals surface area contributed by atoms with E-state index in [-0.39, 0.29) is 11.5 Å². The van der Waals surface area contributed by atoms with Crippen LogP contribution in [-0.2, 0) is 0 Å². The van der Waals surface area contributed by atoms with Crippen molar-refractivity contribution < 1.29 is 14.0 Å². The molecule has 2 amide bonds. The van der Waals surface area contributed by atoms with Crippen molar-refractivity contribution in [2.45, 2.75) is 6.92 Å². The van der Waals surface area contributed by atoms with E-state index in [2.05, 4.69) is 15.6 Å². The van der Waals surface area contributed by atoms with E-state index in [9.17, 15) is 14.0 Å². The molecule has 0 bridgehead atoms. The van der Waals surface area contributed by atoms with Crippen LogP contribution in [0, 0.1) is 12.7 Å². The van der Waals surface area contributed by atoms with E-state index in [4.69, 9.17) is 0 Å². The molecule has 1 heterocycles. The van der Waals surface area contributed by atoms with Crippen molar-refractivity contribution in [2.24, 2.45) is 0 Å². The number of benzene rings is 2. The van der Waals surface area contributed by atoms with Gasteiger partial charge in [0.2, 0.25) is 0 Å². The number of pyridine rings is 1. The first-order chi connectivity index (χ1) is 12.5. The third-order valence-electron chi connectivity index (χ3n) is 3.66. The summed E-state index contributed by atoms with van der Waals surface area (Å²) in [5, 5.41) is 5.29. The molecule has 0 radical (unpaired) electrons. The summed E-state index contributed by atoms with van der Waals surface area (Å²) in [6.45, 7) is 1.90. The van der Waals surface area contributed by atoms with Gasteiger partial charge in [0.25, 0.3) is 11.8 Å². The van der Waals surface area contributed by atoms with Crippen molar-refractivity contribution in [1.29, 1.82) is 0 Å². The Morgan fingerprint density at radius 2 is 1.73 bits per heavy atom. The highest BCUT2D eigenvalue weighted by Crippen LogP contribution is 2.15. The predicted octanol–water partition coefficient (Wildman–Crippen LogP) is 4.03. The smallest absolute Gasteiger partial charge is 0.258 e. The van der Waals surface area contributed by atoms with Gasteiger partial charge in [-0.15, -0.1) is 0 Å². The quantitative estimate of drug-likeness (QED) is 0.747. The third-order valence-corrected chi connectivity index (χ3v) is 3.66. The van der Waals surface area contributed by atoms with Crippen LogP contribution >= 0.6 is 0 Å². The molecule has 5 nitrogen and oxygen atoms in total. The van der Waals surface area contributed by atoms with E-state index in [1.54, 1.807) is 36.5 Å². The van der Waals surface area contributed by atoms with Crippen LogP contribution in [-0.4, -0.2) is 16.8 Å². The summed E-state index contributed by atoms with van der Waals surface area (Å²) in [7, 11) is 0. The summed E-state index contributed by atoms with van der Waals surface area (Å²) in [6.07, 6.45) is 1.61. The first-order valence-electron chi connectivity index (χ1n) is 7.93. The molecule has 0 unspecified atom stereocenters. The zero-order chi connectivity index (χ0) is 18.5.